The largest absolute Gasteiger partial charge is 0.489 e. The molecule has 0 aliphatic carbocycles. The Kier molecular flexibility index (Phi) is 7.61. The van der Waals surface area contributed by atoms with Crippen LogP contribution in [-0.4, -0.2) is 13.2 Å². The molecule has 0 aliphatic rings. The lowest BCUT2D eigenvalue weighted by Crippen LogP contribution is -2.21. The van der Waals surface area contributed by atoms with E-state index in [9.17, 15) is 0 Å². The molecule has 1 aromatic rings. The van der Waals surface area contributed by atoms with Crippen LogP contribution in [0.4, 0.5) is 0 Å². The van der Waals surface area contributed by atoms with Crippen molar-refractivity contribution in [2.75, 3.05) is 13.2 Å². The van der Waals surface area contributed by atoms with Gasteiger partial charge in [-0.05, 0) is 49.6 Å². The third-order valence-electron chi connectivity index (χ3n) is 2.98. The Morgan fingerprint density at radius 3 is 2.53 bits per heavy atom. The first kappa shape index (κ1) is 16.1. The van der Waals surface area contributed by atoms with E-state index in [4.69, 9.17) is 16.3 Å². The van der Waals surface area contributed by atoms with E-state index in [1.165, 1.54) is 5.56 Å². The molecule has 0 aliphatic heterocycles. The summed E-state index contributed by atoms with van der Waals surface area (Å²) in [4.78, 5) is 0. The molecule has 2 nitrogen and oxygen atoms in total. The second kappa shape index (κ2) is 9.00. The normalized spacial score (nSPS) is 13.4. The van der Waals surface area contributed by atoms with Gasteiger partial charge in [-0.3, -0.25) is 0 Å². The number of rotatable bonds is 8. The van der Waals surface area contributed by atoms with Gasteiger partial charge in [-0.25, -0.2) is 0 Å². The zero-order valence-corrected chi connectivity index (χ0v) is 12.8. The highest BCUT2D eigenvalue weighted by Crippen LogP contribution is 2.20. The maximum atomic E-state index is 5.64. The number of ether oxygens (including phenoxy) is 1. The minimum Gasteiger partial charge on any atom is -0.489 e. The van der Waals surface area contributed by atoms with E-state index >= 15 is 0 Å². The summed E-state index contributed by atoms with van der Waals surface area (Å²) in [5.41, 5.74) is 3.88. The van der Waals surface area contributed by atoms with E-state index in [0.29, 0.717) is 12.6 Å². The molecule has 0 radical (unpaired) electrons. The first-order valence-electron chi connectivity index (χ1n) is 6.93. The number of hydrogen-bond donors (Lipinski definition) is 1. The Labute approximate surface area is 121 Å². The van der Waals surface area contributed by atoms with Gasteiger partial charge in [0.15, 0.2) is 0 Å². The molecule has 0 saturated carbocycles. The van der Waals surface area contributed by atoms with Crippen molar-refractivity contribution in [1.29, 1.82) is 0 Å². The van der Waals surface area contributed by atoms with E-state index in [2.05, 4.69) is 31.3 Å². The second-order valence-corrected chi connectivity index (χ2v) is 4.95. The Morgan fingerprint density at radius 2 is 2.00 bits per heavy atom. The molecule has 1 aromatic carbocycles. The lowest BCUT2D eigenvalue weighted by molar-refractivity contribution is 0.352. The topological polar surface area (TPSA) is 21.3 Å². The molecule has 1 atom stereocenters. The van der Waals surface area contributed by atoms with Crippen molar-refractivity contribution in [2.24, 2.45) is 0 Å². The van der Waals surface area contributed by atoms with Gasteiger partial charge in [0, 0.05) is 11.6 Å². The van der Waals surface area contributed by atoms with Gasteiger partial charge in [0.2, 0.25) is 0 Å². The van der Waals surface area contributed by atoms with E-state index in [1.54, 1.807) is 5.54 Å². The van der Waals surface area contributed by atoms with Gasteiger partial charge >= 0.3 is 0 Å². The summed E-state index contributed by atoms with van der Waals surface area (Å²) in [7, 11) is 0. The van der Waals surface area contributed by atoms with Crippen molar-refractivity contribution in [3.05, 3.63) is 40.9 Å². The minimum absolute atomic E-state index is 0.429. The zero-order chi connectivity index (χ0) is 14.1. The van der Waals surface area contributed by atoms with Crippen LogP contribution in [0.1, 0.15) is 45.2 Å². The van der Waals surface area contributed by atoms with E-state index in [0.717, 1.165) is 30.7 Å². The van der Waals surface area contributed by atoms with Gasteiger partial charge in [-0.15, -0.1) is 0 Å². The molecule has 0 heterocycles. The Balaban J connectivity index is 2.59. The summed E-state index contributed by atoms with van der Waals surface area (Å²) < 4.78 is 5.64. The van der Waals surface area contributed by atoms with Gasteiger partial charge in [0.05, 0.1) is 0 Å². The molecule has 0 fully saturated rings. The molecular formula is C16H24ClNO. The van der Waals surface area contributed by atoms with Crippen LogP contribution < -0.4 is 10.1 Å². The molecule has 1 unspecified atom stereocenters. The van der Waals surface area contributed by atoms with Crippen LogP contribution in [0.15, 0.2) is 35.4 Å². The second-order valence-electron chi connectivity index (χ2n) is 4.73. The highest BCUT2D eigenvalue weighted by Gasteiger charge is 2.07. The standard InChI is InChI=1S/C16H24ClNO/c1-4-10-18-16(5-2)14-6-8-15(9-7-14)19-12-13(3)11-17/h6-9,11,16,18H,4-5,10,12H2,1-3H3/b13-11+. The fraction of sp³-hybridized carbons (Fsp3) is 0.500. The van der Waals surface area contributed by atoms with Gasteiger partial charge in [-0.1, -0.05) is 37.6 Å². The maximum absolute atomic E-state index is 5.64. The summed E-state index contributed by atoms with van der Waals surface area (Å²) in [5, 5.41) is 3.55. The molecule has 0 saturated heterocycles. The molecule has 106 valence electrons. The van der Waals surface area contributed by atoms with Gasteiger partial charge < -0.3 is 10.1 Å². The van der Waals surface area contributed by atoms with Crippen molar-refractivity contribution < 1.29 is 4.74 Å². The molecule has 0 bridgehead atoms. The molecular weight excluding hydrogens is 258 g/mol. The smallest absolute Gasteiger partial charge is 0.119 e. The predicted molar refractivity (Wildman–Crippen MR) is 82.9 cm³/mol. The van der Waals surface area contributed by atoms with Gasteiger partial charge in [-0.2, -0.15) is 0 Å². The summed E-state index contributed by atoms with van der Waals surface area (Å²) >= 11 is 5.60. The van der Waals surface area contributed by atoms with Crippen molar-refractivity contribution >= 4 is 11.6 Å². The van der Waals surface area contributed by atoms with E-state index in [1.807, 2.05) is 19.1 Å². The van der Waals surface area contributed by atoms with Crippen LogP contribution in [0.5, 0.6) is 5.75 Å². The lowest BCUT2D eigenvalue weighted by atomic mass is 10.0. The van der Waals surface area contributed by atoms with E-state index < -0.39 is 0 Å². The number of nitrogens with one attached hydrogen (secondary N) is 1. The Hall–Kier alpha value is -0.990. The Bertz CT molecular complexity index is 386. The van der Waals surface area contributed by atoms with Crippen molar-refractivity contribution in [2.45, 2.75) is 39.7 Å². The molecule has 1 N–H and O–H groups in total. The van der Waals surface area contributed by atoms with Crippen molar-refractivity contribution in [1.82, 2.24) is 5.32 Å². The van der Waals surface area contributed by atoms with Crippen LogP contribution in [0, 0.1) is 0 Å². The van der Waals surface area contributed by atoms with Crippen molar-refractivity contribution in [3.8, 4) is 5.75 Å². The molecule has 0 aromatic heterocycles. The zero-order valence-electron chi connectivity index (χ0n) is 12.1. The third kappa shape index (κ3) is 5.66. The number of benzene rings is 1. The molecule has 19 heavy (non-hydrogen) atoms. The first-order chi connectivity index (χ1) is 9.21. The maximum Gasteiger partial charge on any atom is 0.119 e. The highest BCUT2D eigenvalue weighted by atomic mass is 35.5. The van der Waals surface area contributed by atoms with E-state index in [-0.39, 0.29) is 0 Å². The summed E-state index contributed by atoms with van der Waals surface area (Å²) in [6, 6.07) is 8.73. The summed E-state index contributed by atoms with van der Waals surface area (Å²) in [6.07, 6.45) is 2.25. The van der Waals surface area contributed by atoms with Crippen LogP contribution >= 0.6 is 11.6 Å². The predicted octanol–water partition coefficient (Wildman–Crippen LogP) is 4.66. The van der Waals surface area contributed by atoms with Crippen molar-refractivity contribution in [3.63, 3.8) is 0 Å². The quantitative estimate of drug-likeness (QED) is 0.748. The average Bonchev–Trinajstić information content (AvgIpc) is 2.46. The number of hydrogen-bond acceptors (Lipinski definition) is 2. The molecule has 3 heteroatoms. The minimum atomic E-state index is 0.429. The fourth-order valence-electron chi connectivity index (χ4n) is 1.84. The van der Waals surface area contributed by atoms with Gasteiger partial charge in [0.1, 0.15) is 12.4 Å². The molecule has 0 amide bonds. The summed E-state index contributed by atoms with van der Waals surface area (Å²) in [6.45, 7) is 7.92. The SMILES string of the molecule is CCCNC(CC)c1ccc(OC/C(C)=C/Cl)cc1. The third-order valence-corrected chi connectivity index (χ3v) is 3.36. The Morgan fingerprint density at radius 1 is 1.32 bits per heavy atom. The highest BCUT2D eigenvalue weighted by molar-refractivity contribution is 6.25. The van der Waals surface area contributed by atoms with Crippen LogP contribution in [0.25, 0.3) is 0 Å². The summed E-state index contributed by atoms with van der Waals surface area (Å²) in [5.74, 6) is 0.881. The van der Waals surface area contributed by atoms with Crippen LogP contribution in [0.3, 0.4) is 0 Å². The van der Waals surface area contributed by atoms with Crippen LogP contribution in [0.2, 0.25) is 0 Å². The first-order valence-corrected chi connectivity index (χ1v) is 7.36. The molecule has 1 rings (SSSR count). The number of halogens is 1. The fourth-order valence-corrected chi connectivity index (χ4v) is 1.90. The monoisotopic (exact) mass is 281 g/mol. The van der Waals surface area contributed by atoms with Gasteiger partial charge in [0.25, 0.3) is 0 Å². The molecule has 0 spiro atoms. The lowest BCUT2D eigenvalue weighted by Gasteiger charge is -2.17. The average molecular weight is 282 g/mol. The van der Waals surface area contributed by atoms with Crippen LogP contribution in [-0.2, 0) is 0 Å².